The first-order chi connectivity index (χ1) is 7.63. The van der Waals surface area contributed by atoms with Gasteiger partial charge in [-0.3, -0.25) is 0 Å². The molecule has 0 unspecified atom stereocenters. The van der Waals surface area contributed by atoms with E-state index < -0.39 is 0 Å². The van der Waals surface area contributed by atoms with Gasteiger partial charge in [0.05, 0.1) is 17.3 Å². The molecule has 3 N–H and O–H groups in total. The Labute approximate surface area is 98.9 Å². The zero-order chi connectivity index (χ0) is 12.0. The quantitative estimate of drug-likeness (QED) is 0.708. The van der Waals surface area contributed by atoms with Crippen molar-refractivity contribution in [3.63, 3.8) is 0 Å². The van der Waals surface area contributed by atoms with Crippen LogP contribution in [-0.4, -0.2) is 35.8 Å². The number of amides is 2. The Morgan fingerprint density at radius 3 is 2.62 bits per heavy atom. The van der Waals surface area contributed by atoms with E-state index in [2.05, 4.69) is 15.6 Å². The highest BCUT2D eigenvalue weighted by molar-refractivity contribution is 7.11. The lowest BCUT2D eigenvalue weighted by Gasteiger charge is -2.05. The van der Waals surface area contributed by atoms with Gasteiger partial charge in [0.15, 0.2) is 0 Å². The summed E-state index contributed by atoms with van der Waals surface area (Å²) in [5.41, 5.74) is 1.04. The van der Waals surface area contributed by atoms with Crippen molar-refractivity contribution >= 4 is 17.4 Å². The van der Waals surface area contributed by atoms with Crippen LogP contribution in [0.5, 0.6) is 0 Å². The second-order valence-electron chi connectivity index (χ2n) is 3.40. The fraction of sp³-hybridized carbons (Fsp3) is 0.600. The van der Waals surface area contributed by atoms with E-state index in [0.29, 0.717) is 6.54 Å². The van der Waals surface area contributed by atoms with Crippen LogP contribution in [-0.2, 0) is 6.42 Å². The third kappa shape index (κ3) is 4.16. The standard InChI is InChI=1S/C10H17N3O2S/c1-7-9(16-8(2)13-7)3-4-11-10(15)12-5-6-14/h14H,3-6H2,1-2H3,(H2,11,12,15). The van der Waals surface area contributed by atoms with Crippen molar-refractivity contribution in [1.82, 2.24) is 15.6 Å². The predicted octanol–water partition coefficient (Wildman–Crippen LogP) is 0.594. The minimum absolute atomic E-state index is 0.0411. The molecule has 0 saturated carbocycles. The zero-order valence-corrected chi connectivity index (χ0v) is 10.4. The average Bonchev–Trinajstić information content (AvgIpc) is 2.55. The summed E-state index contributed by atoms with van der Waals surface area (Å²) in [4.78, 5) is 16.7. The number of aryl methyl sites for hydroxylation is 2. The Balaban J connectivity index is 2.25. The van der Waals surface area contributed by atoms with Crippen LogP contribution < -0.4 is 10.6 Å². The molecule has 5 nitrogen and oxygen atoms in total. The van der Waals surface area contributed by atoms with Crippen LogP contribution in [0.1, 0.15) is 15.6 Å². The SMILES string of the molecule is Cc1nc(C)c(CCNC(=O)NCCO)s1. The van der Waals surface area contributed by atoms with Crippen molar-refractivity contribution < 1.29 is 9.90 Å². The molecule has 2 amide bonds. The summed E-state index contributed by atoms with van der Waals surface area (Å²) in [6, 6.07) is -0.243. The van der Waals surface area contributed by atoms with Gasteiger partial charge in [0.25, 0.3) is 0 Å². The molecule has 1 heterocycles. The van der Waals surface area contributed by atoms with Gasteiger partial charge in [-0.2, -0.15) is 0 Å². The highest BCUT2D eigenvalue weighted by atomic mass is 32.1. The number of aliphatic hydroxyl groups is 1. The van der Waals surface area contributed by atoms with Crippen LogP contribution in [0.15, 0.2) is 0 Å². The summed E-state index contributed by atoms with van der Waals surface area (Å²) in [5.74, 6) is 0. The smallest absolute Gasteiger partial charge is 0.314 e. The zero-order valence-electron chi connectivity index (χ0n) is 9.54. The number of nitrogens with zero attached hydrogens (tertiary/aromatic N) is 1. The third-order valence-corrected chi connectivity index (χ3v) is 3.17. The topological polar surface area (TPSA) is 74.2 Å². The molecule has 16 heavy (non-hydrogen) atoms. The molecule has 0 radical (unpaired) electrons. The Hall–Kier alpha value is -1.14. The molecular formula is C10H17N3O2S. The number of urea groups is 1. The monoisotopic (exact) mass is 243 g/mol. The molecule has 0 aliphatic carbocycles. The van der Waals surface area contributed by atoms with Gasteiger partial charge in [-0.05, 0) is 13.8 Å². The Morgan fingerprint density at radius 2 is 2.06 bits per heavy atom. The van der Waals surface area contributed by atoms with Crippen LogP contribution in [0.4, 0.5) is 4.79 Å². The normalized spacial score (nSPS) is 10.2. The molecule has 0 fully saturated rings. The molecule has 0 spiro atoms. The van der Waals surface area contributed by atoms with Crippen molar-refractivity contribution in [2.45, 2.75) is 20.3 Å². The molecule has 1 aromatic rings. The van der Waals surface area contributed by atoms with E-state index in [-0.39, 0.29) is 19.2 Å². The number of carbonyl (C=O) groups is 1. The van der Waals surface area contributed by atoms with E-state index >= 15 is 0 Å². The summed E-state index contributed by atoms with van der Waals surface area (Å²) in [6.45, 7) is 4.78. The molecular weight excluding hydrogens is 226 g/mol. The molecule has 1 rings (SSSR count). The van der Waals surface area contributed by atoms with Crippen LogP contribution in [0.3, 0.4) is 0 Å². The summed E-state index contributed by atoms with van der Waals surface area (Å²) in [5, 5.41) is 14.8. The van der Waals surface area contributed by atoms with Gasteiger partial charge >= 0.3 is 6.03 Å². The first-order valence-electron chi connectivity index (χ1n) is 5.19. The summed E-state index contributed by atoms with van der Waals surface area (Å²) >= 11 is 1.66. The second-order valence-corrected chi connectivity index (χ2v) is 4.69. The summed E-state index contributed by atoms with van der Waals surface area (Å²) < 4.78 is 0. The molecule has 1 aromatic heterocycles. The van der Waals surface area contributed by atoms with Gasteiger partial charge < -0.3 is 15.7 Å². The van der Waals surface area contributed by atoms with Crippen molar-refractivity contribution in [3.8, 4) is 0 Å². The highest BCUT2D eigenvalue weighted by Crippen LogP contribution is 2.16. The number of hydrogen-bond acceptors (Lipinski definition) is 4. The fourth-order valence-corrected chi connectivity index (χ4v) is 2.26. The molecule has 0 aliphatic heterocycles. The molecule has 0 saturated heterocycles. The van der Waals surface area contributed by atoms with E-state index in [4.69, 9.17) is 5.11 Å². The first-order valence-corrected chi connectivity index (χ1v) is 6.00. The van der Waals surface area contributed by atoms with E-state index in [1.807, 2.05) is 13.8 Å². The molecule has 0 aromatic carbocycles. The predicted molar refractivity (Wildman–Crippen MR) is 63.8 cm³/mol. The highest BCUT2D eigenvalue weighted by Gasteiger charge is 2.05. The molecule has 0 atom stereocenters. The molecule has 0 aliphatic rings. The van der Waals surface area contributed by atoms with Gasteiger partial charge in [-0.15, -0.1) is 11.3 Å². The number of thiazole rings is 1. The van der Waals surface area contributed by atoms with E-state index in [0.717, 1.165) is 17.1 Å². The summed E-state index contributed by atoms with van der Waals surface area (Å²) in [7, 11) is 0. The molecule has 6 heteroatoms. The maximum absolute atomic E-state index is 11.1. The van der Waals surface area contributed by atoms with Gasteiger partial charge in [-0.25, -0.2) is 9.78 Å². The van der Waals surface area contributed by atoms with Crippen molar-refractivity contribution in [2.24, 2.45) is 0 Å². The van der Waals surface area contributed by atoms with Crippen LogP contribution in [0.25, 0.3) is 0 Å². The van der Waals surface area contributed by atoms with E-state index in [9.17, 15) is 4.79 Å². The van der Waals surface area contributed by atoms with Crippen molar-refractivity contribution in [2.75, 3.05) is 19.7 Å². The largest absolute Gasteiger partial charge is 0.395 e. The summed E-state index contributed by atoms with van der Waals surface area (Å²) in [6.07, 6.45) is 0.796. The first kappa shape index (κ1) is 12.9. The van der Waals surface area contributed by atoms with Crippen LogP contribution >= 0.6 is 11.3 Å². The van der Waals surface area contributed by atoms with Crippen LogP contribution in [0, 0.1) is 13.8 Å². The Kier molecular flexibility index (Phi) is 5.21. The molecule has 0 bridgehead atoms. The van der Waals surface area contributed by atoms with Gasteiger partial charge in [0.1, 0.15) is 0 Å². The lowest BCUT2D eigenvalue weighted by atomic mass is 10.3. The number of aromatic nitrogens is 1. The number of carbonyl (C=O) groups excluding carboxylic acids is 1. The van der Waals surface area contributed by atoms with E-state index in [1.165, 1.54) is 4.88 Å². The van der Waals surface area contributed by atoms with Gasteiger partial charge in [-0.1, -0.05) is 0 Å². The number of hydrogen-bond donors (Lipinski definition) is 3. The number of nitrogens with one attached hydrogen (secondary N) is 2. The van der Waals surface area contributed by atoms with E-state index in [1.54, 1.807) is 11.3 Å². The van der Waals surface area contributed by atoms with Crippen molar-refractivity contribution in [3.05, 3.63) is 15.6 Å². The lowest BCUT2D eigenvalue weighted by Crippen LogP contribution is -2.37. The second kappa shape index (κ2) is 6.44. The van der Waals surface area contributed by atoms with Gasteiger partial charge in [0.2, 0.25) is 0 Å². The maximum Gasteiger partial charge on any atom is 0.314 e. The lowest BCUT2D eigenvalue weighted by molar-refractivity contribution is 0.234. The average molecular weight is 243 g/mol. The minimum Gasteiger partial charge on any atom is -0.395 e. The minimum atomic E-state index is -0.243. The van der Waals surface area contributed by atoms with Crippen molar-refractivity contribution in [1.29, 1.82) is 0 Å². The Bertz CT molecular complexity index is 352. The maximum atomic E-state index is 11.1. The third-order valence-electron chi connectivity index (χ3n) is 2.03. The Morgan fingerprint density at radius 1 is 1.38 bits per heavy atom. The number of rotatable bonds is 5. The molecule has 90 valence electrons. The fourth-order valence-electron chi connectivity index (χ4n) is 1.33. The number of aliphatic hydroxyl groups excluding tert-OH is 1. The van der Waals surface area contributed by atoms with Gasteiger partial charge in [0, 0.05) is 24.4 Å². The van der Waals surface area contributed by atoms with Crippen LogP contribution in [0.2, 0.25) is 0 Å².